The van der Waals surface area contributed by atoms with E-state index < -0.39 is 0 Å². The number of fused-ring (bicyclic) bond motifs is 2. The zero-order valence-corrected chi connectivity index (χ0v) is 16.0. The standard InChI is InChI=1S/C24H22N4O/c25-21(8-20-13-28-24-4-2-1-3-23(20)24)15-29-22-9-19(12-27-14-22)16-5-6-17-10-26-11-18(17)7-16/h1-7,9,11-14,21,28H,8,10,15,25H2/t21-/m0/s1. The van der Waals surface area contributed by atoms with Crippen LogP contribution in [-0.4, -0.2) is 28.8 Å². The molecule has 0 saturated heterocycles. The minimum atomic E-state index is -0.103. The van der Waals surface area contributed by atoms with Crippen molar-refractivity contribution in [3.8, 4) is 16.9 Å². The summed E-state index contributed by atoms with van der Waals surface area (Å²) in [5.41, 5.74) is 13.3. The van der Waals surface area contributed by atoms with Gasteiger partial charge in [0.25, 0.3) is 0 Å². The monoisotopic (exact) mass is 382 g/mol. The smallest absolute Gasteiger partial charge is 0.138 e. The van der Waals surface area contributed by atoms with Gasteiger partial charge < -0.3 is 15.5 Å². The molecule has 2 aromatic carbocycles. The number of para-hydroxylation sites is 1. The third-order valence-electron chi connectivity index (χ3n) is 5.31. The molecule has 1 atom stereocenters. The molecule has 5 heteroatoms. The predicted molar refractivity (Wildman–Crippen MR) is 116 cm³/mol. The summed E-state index contributed by atoms with van der Waals surface area (Å²) in [5, 5.41) is 1.21. The Labute approximate surface area is 169 Å². The molecule has 0 unspecified atom stereocenters. The maximum atomic E-state index is 6.34. The first-order valence-electron chi connectivity index (χ1n) is 9.78. The quantitative estimate of drug-likeness (QED) is 0.527. The molecule has 0 saturated carbocycles. The van der Waals surface area contributed by atoms with Gasteiger partial charge in [0, 0.05) is 41.1 Å². The van der Waals surface area contributed by atoms with Gasteiger partial charge in [-0.25, -0.2) is 0 Å². The Morgan fingerprint density at radius 1 is 1.07 bits per heavy atom. The van der Waals surface area contributed by atoms with E-state index in [-0.39, 0.29) is 6.04 Å². The van der Waals surface area contributed by atoms with Gasteiger partial charge in [-0.2, -0.15) is 0 Å². The minimum absolute atomic E-state index is 0.103. The van der Waals surface area contributed by atoms with E-state index in [9.17, 15) is 0 Å². The van der Waals surface area contributed by atoms with Crippen molar-refractivity contribution in [1.29, 1.82) is 0 Å². The van der Waals surface area contributed by atoms with Crippen LogP contribution in [0.4, 0.5) is 0 Å². The number of rotatable bonds is 6. The fraction of sp³-hybridized carbons (Fsp3) is 0.167. The highest BCUT2D eigenvalue weighted by Crippen LogP contribution is 2.26. The van der Waals surface area contributed by atoms with E-state index in [1.165, 1.54) is 22.1 Å². The van der Waals surface area contributed by atoms with Crippen LogP contribution in [0.5, 0.6) is 5.75 Å². The third kappa shape index (κ3) is 3.65. The number of nitrogens with zero attached hydrogens (tertiary/aromatic N) is 2. The number of aliphatic imine (C=N–C) groups is 1. The Morgan fingerprint density at radius 2 is 2.00 bits per heavy atom. The largest absolute Gasteiger partial charge is 0.490 e. The predicted octanol–water partition coefficient (Wildman–Crippen LogP) is 4.11. The van der Waals surface area contributed by atoms with Gasteiger partial charge in [-0.1, -0.05) is 30.3 Å². The summed E-state index contributed by atoms with van der Waals surface area (Å²) >= 11 is 0. The van der Waals surface area contributed by atoms with Crippen molar-refractivity contribution in [2.45, 2.75) is 19.0 Å². The Bertz CT molecular complexity index is 1190. The van der Waals surface area contributed by atoms with Crippen LogP contribution in [0, 0.1) is 0 Å². The van der Waals surface area contributed by atoms with Crippen LogP contribution in [0.1, 0.15) is 16.7 Å². The molecule has 0 aliphatic carbocycles. The molecule has 5 rings (SSSR count). The van der Waals surface area contributed by atoms with Gasteiger partial charge in [-0.15, -0.1) is 0 Å². The van der Waals surface area contributed by atoms with E-state index in [4.69, 9.17) is 10.5 Å². The first-order chi connectivity index (χ1) is 14.3. The zero-order valence-electron chi connectivity index (χ0n) is 16.0. The van der Waals surface area contributed by atoms with E-state index >= 15 is 0 Å². The molecule has 1 aliphatic rings. The van der Waals surface area contributed by atoms with Gasteiger partial charge >= 0.3 is 0 Å². The van der Waals surface area contributed by atoms with Crippen LogP contribution >= 0.6 is 0 Å². The summed E-state index contributed by atoms with van der Waals surface area (Å²) in [6, 6.07) is 16.6. The highest BCUT2D eigenvalue weighted by Gasteiger charge is 2.11. The van der Waals surface area contributed by atoms with Crippen molar-refractivity contribution in [2.24, 2.45) is 10.7 Å². The van der Waals surface area contributed by atoms with Crippen LogP contribution in [0.2, 0.25) is 0 Å². The van der Waals surface area contributed by atoms with E-state index in [0.717, 1.165) is 35.4 Å². The SMILES string of the molecule is N[C@H](COc1cncc(-c2ccc3c(c2)C=NC3)c1)Cc1c[nH]c2ccccc12. The lowest BCUT2D eigenvalue weighted by Gasteiger charge is -2.13. The van der Waals surface area contributed by atoms with Gasteiger partial charge in [0.05, 0.1) is 12.7 Å². The molecular formula is C24H22N4O. The van der Waals surface area contributed by atoms with Crippen LogP contribution in [0.25, 0.3) is 22.0 Å². The Balaban J connectivity index is 1.26. The number of hydrogen-bond acceptors (Lipinski definition) is 4. The summed E-state index contributed by atoms with van der Waals surface area (Å²) in [7, 11) is 0. The third-order valence-corrected chi connectivity index (χ3v) is 5.31. The Hall–Kier alpha value is -3.44. The van der Waals surface area contributed by atoms with Crippen LogP contribution in [0.15, 0.2) is 72.1 Å². The summed E-state index contributed by atoms with van der Waals surface area (Å²) in [5.74, 6) is 0.728. The fourth-order valence-corrected chi connectivity index (χ4v) is 3.78. The van der Waals surface area contributed by atoms with Crippen LogP contribution < -0.4 is 10.5 Å². The molecule has 1 aliphatic heterocycles. The van der Waals surface area contributed by atoms with E-state index in [0.29, 0.717) is 6.61 Å². The lowest BCUT2D eigenvalue weighted by atomic mass is 10.0. The lowest BCUT2D eigenvalue weighted by molar-refractivity contribution is 0.287. The number of H-pyrrole nitrogens is 1. The first kappa shape index (κ1) is 17.6. The number of ether oxygens (including phenoxy) is 1. The molecule has 0 fully saturated rings. The average molecular weight is 382 g/mol. The molecule has 0 amide bonds. The maximum Gasteiger partial charge on any atom is 0.138 e. The summed E-state index contributed by atoms with van der Waals surface area (Å²) in [6.45, 7) is 1.20. The summed E-state index contributed by atoms with van der Waals surface area (Å²) < 4.78 is 5.96. The molecule has 0 spiro atoms. The number of nitrogens with one attached hydrogen (secondary N) is 1. The van der Waals surface area contributed by atoms with Gasteiger partial charge in [0.1, 0.15) is 12.4 Å². The molecule has 0 bridgehead atoms. The number of hydrogen-bond donors (Lipinski definition) is 2. The van der Waals surface area contributed by atoms with Gasteiger partial charge in [0.2, 0.25) is 0 Å². The summed E-state index contributed by atoms with van der Waals surface area (Å²) in [6.07, 6.45) is 8.30. The molecule has 4 aromatic rings. The Morgan fingerprint density at radius 3 is 2.97 bits per heavy atom. The van der Waals surface area contributed by atoms with Gasteiger partial charge in [0.15, 0.2) is 0 Å². The zero-order chi connectivity index (χ0) is 19.6. The Kier molecular flexibility index (Phi) is 4.58. The number of aromatic amines is 1. The fourth-order valence-electron chi connectivity index (χ4n) is 3.78. The second-order valence-corrected chi connectivity index (χ2v) is 7.43. The number of aromatic nitrogens is 2. The van der Waals surface area contributed by atoms with Crippen molar-refractivity contribution in [1.82, 2.24) is 9.97 Å². The number of nitrogens with two attached hydrogens (primary N) is 1. The average Bonchev–Trinajstić information content (AvgIpc) is 3.39. The van der Waals surface area contributed by atoms with Gasteiger partial charge in [-0.3, -0.25) is 9.98 Å². The van der Waals surface area contributed by atoms with Gasteiger partial charge in [-0.05, 0) is 46.9 Å². The van der Waals surface area contributed by atoms with Crippen molar-refractivity contribution < 1.29 is 4.74 Å². The molecule has 144 valence electrons. The first-order valence-corrected chi connectivity index (χ1v) is 9.78. The maximum absolute atomic E-state index is 6.34. The highest BCUT2D eigenvalue weighted by molar-refractivity contribution is 5.87. The molecule has 3 heterocycles. The molecule has 29 heavy (non-hydrogen) atoms. The van der Waals surface area contributed by atoms with E-state index in [1.54, 1.807) is 6.20 Å². The van der Waals surface area contributed by atoms with Crippen molar-refractivity contribution in [3.05, 3.63) is 83.8 Å². The molecule has 0 radical (unpaired) electrons. The van der Waals surface area contributed by atoms with Crippen molar-refractivity contribution in [2.75, 3.05) is 6.61 Å². The molecular weight excluding hydrogens is 360 g/mol. The van der Waals surface area contributed by atoms with Crippen LogP contribution in [-0.2, 0) is 13.0 Å². The molecule has 5 nitrogen and oxygen atoms in total. The number of pyridine rings is 1. The number of benzene rings is 2. The summed E-state index contributed by atoms with van der Waals surface area (Å²) in [4.78, 5) is 12.0. The topological polar surface area (TPSA) is 76.3 Å². The van der Waals surface area contributed by atoms with Crippen molar-refractivity contribution in [3.63, 3.8) is 0 Å². The van der Waals surface area contributed by atoms with E-state index in [1.807, 2.05) is 36.8 Å². The minimum Gasteiger partial charge on any atom is -0.490 e. The second kappa shape index (κ2) is 7.53. The van der Waals surface area contributed by atoms with Crippen molar-refractivity contribution >= 4 is 17.1 Å². The molecule has 3 N–H and O–H groups in total. The van der Waals surface area contributed by atoms with Crippen LogP contribution in [0.3, 0.4) is 0 Å². The van der Waals surface area contributed by atoms with E-state index in [2.05, 4.69) is 45.3 Å². The highest BCUT2D eigenvalue weighted by atomic mass is 16.5. The lowest BCUT2D eigenvalue weighted by Crippen LogP contribution is -2.30. The normalized spacial score (nSPS) is 13.6. The second-order valence-electron chi connectivity index (χ2n) is 7.43. The molecule has 2 aromatic heterocycles.